The van der Waals surface area contributed by atoms with Gasteiger partial charge in [0.2, 0.25) is 15.9 Å². The third kappa shape index (κ3) is 4.51. The SMILES string of the molecule is Cc1nc(C)n(C[C@@H](C)C(=O)N2CCN(S(=O)(=O)c3ccc(C)c(C)c3)CC2)n1. The van der Waals surface area contributed by atoms with E-state index in [4.69, 9.17) is 0 Å². The molecule has 0 radical (unpaired) electrons. The lowest BCUT2D eigenvalue weighted by Crippen LogP contribution is -2.52. The van der Waals surface area contributed by atoms with E-state index in [2.05, 4.69) is 10.1 Å². The second kappa shape index (κ2) is 8.23. The molecule has 1 fully saturated rings. The molecule has 1 aromatic carbocycles. The van der Waals surface area contributed by atoms with Gasteiger partial charge in [-0.2, -0.15) is 9.40 Å². The summed E-state index contributed by atoms with van der Waals surface area (Å²) in [6.07, 6.45) is 0. The zero-order valence-electron chi connectivity index (χ0n) is 17.7. The minimum atomic E-state index is -3.55. The smallest absolute Gasteiger partial charge is 0.243 e. The van der Waals surface area contributed by atoms with Crippen molar-refractivity contribution in [3.05, 3.63) is 41.0 Å². The monoisotopic (exact) mass is 419 g/mol. The van der Waals surface area contributed by atoms with Crippen LogP contribution in [0.1, 0.15) is 29.7 Å². The Hall–Kier alpha value is -2.26. The van der Waals surface area contributed by atoms with Crippen molar-refractivity contribution < 1.29 is 13.2 Å². The molecule has 0 unspecified atom stereocenters. The molecule has 2 heterocycles. The normalized spacial score (nSPS) is 16.8. The molecule has 1 aliphatic heterocycles. The summed E-state index contributed by atoms with van der Waals surface area (Å²) in [6, 6.07) is 5.20. The Morgan fingerprint density at radius 1 is 1.07 bits per heavy atom. The number of hydrogen-bond donors (Lipinski definition) is 0. The minimum Gasteiger partial charge on any atom is -0.340 e. The first-order chi connectivity index (χ1) is 13.6. The van der Waals surface area contributed by atoms with Crippen molar-refractivity contribution in [2.75, 3.05) is 26.2 Å². The maximum Gasteiger partial charge on any atom is 0.243 e. The minimum absolute atomic E-state index is 0.0146. The van der Waals surface area contributed by atoms with Crippen LogP contribution in [0, 0.1) is 33.6 Å². The number of hydrogen-bond acceptors (Lipinski definition) is 5. The molecular formula is C20H29N5O3S. The zero-order chi connectivity index (χ0) is 21.3. The molecule has 0 spiro atoms. The summed E-state index contributed by atoms with van der Waals surface area (Å²) in [5, 5.41) is 4.32. The van der Waals surface area contributed by atoms with Crippen molar-refractivity contribution in [3.8, 4) is 0 Å². The molecule has 1 aromatic heterocycles. The van der Waals surface area contributed by atoms with Gasteiger partial charge in [-0.15, -0.1) is 0 Å². The van der Waals surface area contributed by atoms with Gasteiger partial charge in [0.05, 0.1) is 17.4 Å². The van der Waals surface area contributed by atoms with Crippen LogP contribution in [-0.2, 0) is 21.4 Å². The lowest BCUT2D eigenvalue weighted by molar-refractivity contribution is -0.136. The highest BCUT2D eigenvalue weighted by molar-refractivity contribution is 7.89. The first-order valence-electron chi connectivity index (χ1n) is 9.84. The molecule has 3 rings (SSSR count). The van der Waals surface area contributed by atoms with Crippen LogP contribution in [0.2, 0.25) is 0 Å². The van der Waals surface area contributed by atoms with Crippen molar-refractivity contribution in [1.29, 1.82) is 0 Å². The average Bonchev–Trinajstić information content (AvgIpc) is 3.00. The summed E-state index contributed by atoms with van der Waals surface area (Å²) < 4.78 is 29.1. The number of aromatic nitrogens is 3. The van der Waals surface area contributed by atoms with Crippen LogP contribution < -0.4 is 0 Å². The topological polar surface area (TPSA) is 88.4 Å². The molecule has 1 saturated heterocycles. The molecule has 2 aromatic rings. The van der Waals surface area contributed by atoms with Gasteiger partial charge in [0, 0.05) is 26.2 Å². The quantitative estimate of drug-likeness (QED) is 0.736. The Labute approximate surface area is 172 Å². The van der Waals surface area contributed by atoms with Crippen molar-refractivity contribution in [2.45, 2.75) is 46.1 Å². The van der Waals surface area contributed by atoms with Crippen molar-refractivity contribution in [1.82, 2.24) is 24.0 Å². The molecule has 29 heavy (non-hydrogen) atoms. The second-order valence-electron chi connectivity index (χ2n) is 7.76. The molecule has 1 aliphatic rings. The molecule has 0 saturated carbocycles. The Balaban J connectivity index is 1.62. The third-order valence-corrected chi connectivity index (χ3v) is 7.39. The Bertz CT molecular complexity index is 1010. The van der Waals surface area contributed by atoms with Crippen LogP contribution in [0.15, 0.2) is 23.1 Å². The highest BCUT2D eigenvalue weighted by atomic mass is 32.2. The molecule has 1 atom stereocenters. The van der Waals surface area contributed by atoms with Crippen molar-refractivity contribution in [2.24, 2.45) is 5.92 Å². The van der Waals surface area contributed by atoms with E-state index in [-0.39, 0.29) is 11.8 Å². The van der Waals surface area contributed by atoms with Crippen molar-refractivity contribution >= 4 is 15.9 Å². The van der Waals surface area contributed by atoms with Crippen LogP contribution >= 0.6 is 0 Å². The number of piperazine rings is 1. The van der Waals surface area contributed by atoms with Gasteiger partial charge >= 0.3 is 0 Å². The van der Waals surface area contributed by atoms with E-state index in [1.165, 1.54) is 4.31 Å². The maximum atomic E-state index is 12.9. The van der Waals surface area contributed by atoms with E-state index in [0.29, 0.717) is 43.4 Å². The Morgan fingerprint density at radius 2 is 1.72 bits per heavy atom. The van der Waals surface area contributed by atoms with E-state index in [9.17, 15) is 13.2 Å². The lowest BCUT2D eigenvalue weighted by Gasteiger charge is -2.35. The molecule has 0 bridgehead atoms. The number of rotatable bonds is 5. The van der Waals surface area contributed by atoms with Gasteiger partial charge in [0.25, 0.3) is 0 Å². The number of nitrogens with zero attached hydrogens (tertiary/aromatic N) is 5. The van der Waals surface area contributed by atoms with Gasteiger partial charge in [0.1, 0.15) is 11.6 Å². The first-order valence-corrected chi connectivity index (χ1v) is 11.3. The summed E-state index contributed by atoms with van der Waals surface area (Å²) in [5.41, 5.74) is 2.01. The van der Waals surface area contributed by atoms with Gasteiger partial charge in [-0.25, -0.2) is 18.1 Å². The summed E-state index contributed by atoms with van der Waals surface area (Å²) in [4.78, 5) is 19.1. The van der Waals surface area contributed by atoms with Crippen LogP contribution in [0.4, 0.5) is 0 Å². The van der Waals surface area contributed by atoms with Gasteiger partial charge < -0.3 is 4.90 Å². The summed E-state index contributed by atoms with van der Waals surface area (Å²) in [5.74, 6) is 1.23. The van der Waals surface area contributed by atoms with Gasteiger partial charge in [0.15, 0.2) is 0 Å². The summed E-state index contributed by atoms with van der Waals surface area (Å²) >= 11 is 0. The number of benzene rings is 1. The first kappa shape index (κ1) is 21.4. The standard InChI is InChI=1S/C20H29N5O3S/c1-14-6-7-19(12-15(14)2)29(27,28)24-10-8-23(9-11-24)20(26)16(3)13-25-18(5)21-17(4)22-25/h6-7,12,16H,8-11,13H2,1-5H3/t16-/m1/s1. The van der Waals surface area contributed by atoms with E-state index in [1.54, 1.807) is 21.7 Å². The number of amides is 1. The second-order valence-corrected chi connectivity index (χ2v) is 9.70. The van der Waals surface area contributed by atoms with Gasteiger partial charge in [-0.3, -0.25) is 4.79 Å². The molecular weight excluding hydrogens is 390 g/mol. The number of carbonyl (C=O) groups is 1. The number of aryl methyl sites for hydroxylation is 4. The van der Waals surface area contributed by atoms with Crippen LogP contribution in [0.3, 0.4) is 0 Å². The highest BCUT2D eigenvalue weighted by Crippen LogP contribution is 2.21. The molecule has 0 N–H and O–H groups in total. The maximum absolute atomic E-state index is 12.9. The molecule has 9 heteroatoms. The third-order valence-electron chi connectivity index (χ3n) is 5.50. The molecule has 158 valence electrons. The number of sulfonamides is 1. The Kier molecular flexibility index (Phi) is 6.09. The van der Waals surface area contributed by atoms with Gasteiger partial charge in [-0.05, 0) is 51.0 Å². The van der Waals surface area contributed by atoms with Gasteiger partial charge in [-0.1, -0.05) is 13.0 Å². The van der Waals surface area contributed by atoms with Crippen LogP contribution in [0.5, 0.6) is 0 Å². The Morgan fingerprint density at radius 3 is 2.28 bits per heavy atom. The summed E-state index contributed by atoms with van der Waals surface area (Å²) in [6.45, 7) is 11.3. The van der Waals surface area contributed by atoms with E-state index < -0.39 is 10.0 Å². The molecule has 0 aliphatic carbocycles. The predicted molar refractivity (Wildman–Crippen MR) is 110 cm³/mol. The largest absolute Gasteiger partial charge is 0.340 e. The fourth-order valence-electron chi connectivity index (χ4n) is 3.56. The molecule has 1 amide bonds. The molecule has 8 nitrogen and oxygen atoms in total. The lowest BCUT2D eigenvalue weighted by atomic mass is 10.1. The van der Waals surface area contributed by atoms with E-state index in [0.717, 1.165) is 17.0 Å². The highest BCUT2D eigenvalue weighted by Gasteiger charge is 2.31. The number of carbonyl (C=O) groups excluding carboxylic acids is 1. The van der Waals surface area contributed by atoms with E-state index in [1.807, 2.05) is 40.7 Å². The van der Waals surface area contributed by atoms with Crippen molar-refractivity contribution in [3.63, 3.8) is 0 Å². The fraction of sp³-hybridized carbons (Fsp3) is 0.550. The van der Waals surface area contributed by atoms with Crippen LogP contribution in [-0.4, -0.2) is 64.5 Å². The summed E-state index contributed by atoms with van der Waals surface area (Å²) in [7, 11) is -3.55. The van der Waals surface area contributed by atoms with Crippen LogP contribution in [0.25, 0.3) is 0 Å². The average molecular weight is 420 g/mol. The zero-order valence-corrected chi connectivity index (χ0v) is 18.5. The fourth-order valence-corrected chi connectivity index (χ4v) is 5.06. The van der Waals surface area contributed by atoms with E-state index >= 15 is 0 Å². The predicted octanol–water partition coefficient (Wildman–Crippen LogP) is 1.68.